The van der Waals surface area contributed by atoms with E-state index >= 15 is 0 Å². The molecule has 1 saturated heterocycles. The van der Waals surface area contributed by atoms with Crippen LogP contribution in [0.5, 0.6) is 0 Å². The molecule has 24 heavy (non-hydrogen) atoms. The summed E-state index contributed by atoms with van der Waals surface area (Å²) in [7, 11) is 0. The van der Waals surface area contributed by atoms with E-state index in [4.69, 9.17) is 23.2 Å². The third-order valence-corrected chi connectivity index (χ3v) is 5.34. The van der Waals surface area contributed by atoms with E-state index < -0.39 is 0 Å². The summed E-state index contributed by atoms with van der Waals surface area (Å²) in [5.74, 6) is -0.0792. The van der Waals surface area contributed by atoms with Gasteiger partial charge in [0, 0.05) is 46.7 Å². The molecule has 0 atom stereocenters. The second kappa shape index (κ2) is 7.13. The number of nitrogens with zero attached hydrogens (tertiary/aromatic N) is 2. The number of hydrogen-bond acceptors (Lipinski definition) is 3. The second-order valence-electron chi connectivity index (χ2n) is 5.65. The summed E-state index contributed by atoms with van der Waals surface area (Å²) < 4.78 is 0. The number of halogens is 2. The van der Waals surface area contributed by atoms with Crippen molar-refractivity contribution in [3.05, 3.63) is 55.7 Å². The minimum atomic E-state index is -0.113. The summed E-state index contributed by atoms with van der Waals surface area (Å²) in [6.45, 7) is 4.03. The van der Waals surface area contributed by atoms with Gasteiger partial charge in [-0.1, -0.05) is 23.2 Å². The summed E-state index contributed by atoms with van der Waals surface area (Å²) in [5.41, 5.74) is 0.473. The highest BCUT2D eigenvalue weighted by Crippen LogP contribution is 2.22. The van der Waals surface area contributed by atoms with Crippen LogP contribution in [-0.4, -0.2) is 47.8 Å². The van der Waals surface area contributed by atoms with Crippen LogP contribution in [0.2, 0.25) is 10.0 Å². The lowest BCUT2D eigenvalue weighted by Gasteiger charge is -2.34. The van der Waals surface area contributed by atoms with Crippen LogP contribution in [0.4, 0.5) is 0 Å². The molecule has 1 fully saturated rings. The number of amides is 2. The quantitative estimate of drug-likeness (QED) is 0.788. The van der Waals surface area contributed by atoms with Gasteiger partial charge in [0.25, 0.3) is 11.8 Å². The average Bonchev–Trinajstić information content (AvgIpc) is 2.99. The van der Waals surface area contributed by atoms with Gasteiger partial charge in [-0.2, -0.15) is 0 Å². The number of carbonyl (C=O) groups is 2. The molecule has 3 rings (SSSR count). The molecule has 1 aromatic carbocycles. The lowest BCUT2D eigenvalue weighted by molar-refractivity contribution is 0.0538. The minimum absolute atomic E-state index is 0.0333. The van der Waals surface area contributed by atoms with Crippen molar-refractivity contribution in [1.29, 1.82) is 0 Å². The van der Waals surface area contributed by atoms with E-state index in [-0.39, 0.29) is 11.8 Å². The van der Waals surface area contributed by atoms with Gasteiger partial charge in [0.05, 0.1) is 4.88 Å². The van der Waals surface area contributed by atoms with Crippen LogP contribution in [0.15, 0.2) is 30.3 Å². The first-order valence-electron chi connectivity index (χ1n) is 7.55. The second-order valence-corrected chi connectivity index (χ2v) is 7.81. The van der Waals surface area contributed by atoms with Gasteiger partial charge >= 0.3 is 0 Å². The molecule has 0 bridgehead atoms. The molecule has 1 aliphatic heterocycles. The number of rotatable bonds is 2. The normalized spacial score (nSPS) is 14.8. The Morgan fingerprint density at radius 2 is 1.46 bits per heavy atom. The molecule has 0 unspecified atom stereocenters. The monoisotopic (exact) mass is 382 g/mol. The summed E-state index contributed by atoms with van der Waals surface area (Å²) in [6.07, 6.45) is 0. The van der Waals surface area contributed by atoms with E-state index in [1.54, 1.807) is 28.0 Å². The Kier molecular flexibility index (Phi) is 5.13. The maximum absolute atomic E-state index is 12.6. The Balaban J connectivity index is 1.64. The molecule has 2 amide bonds. The fourth-order valence-electron chi connectivity index (χ4n) is 2.68. The van der Waals surface area contributed by atoms with E-state index in [0.717, 1.165) is 9.75 Å². The zero-order chi connectivity index (χ0) is 17.3. The molecule has 4 nitrogen and oxygen atoms in total. The molecule has 2 heterocycles. The summed E-state index contributed by atoms with van der Waals surface area (Å²) in [5, 5.41) is 0.875. The molecule has 0 aliphatic carbocycles. The number of benzene rings is 1. The van der Waals surface area contributed by atoms with Crippen molar-refractivity contribution in [2.45, 2.75) is 6.92 Å². The Morgan fingerprint density at radius 1 is 0.917 bits per heavy atom. The molecule has 0 N–H and O–H groups in total. The number of hydrogen-bond donors (Lipinski definition) is 0. The predicted octanol–water partition coefficient (Wildman–Crippen LogP) is 3.96. The van der Waals surface area contributed by atoms with Crippen molar-refractivity contribution >= 4 is 46.4 Å². The standard InChI is InChI=1S/C17H16Cl2N2O2S/c1-11-2-3-15(24-11)17(23)21-6-4-20(5-7-21)16(22)12-8-13(18)10-14(19)9-12/h2-3,8-10H,4-7H2,1H3. The number of carbonyl (C=O) groups excluding carboxylic acids is 2. The molecule has 0 spiro atoms. The van der Waals surface area contributed by atoms with E-state index in [0.29, 0.717) is 41.8 Å². The summed E-state index contributed by atoms with van der Waals surface area (Å²) >= 11 is 13.4. The van der Waals surface area contributed by atoms with Gasteiger partial charge in [0.2, 0.25) is 0 Å². The molecule has 1 aliphatic rings. The fourth-order valence-corrected chi connectivity index (χ4v) is 4.04. The molecule has 0 saturated carbocycles. The summed E-state index contributed by atoms with van der Waals surface area (Å²) in [4.78, 5) is 30.4. The lowest BCUT2D eigenvalue weighted by Crippen LogP contribution is -2.50. The average molecular weight is 383 g/mol. The first kappa shape index (κ1) is 17.3. The topological polar surface area (TPSA) is 40.6 Å². The Labute approximate surface area is 154 Å². The lowest BCUT2D eigenvalue weighted by atomic mass is 10.1. The fraction of sp³-hybridized carbons (Fsp3) is 0.294. The zero-order valence-corrected chi connectivity index (χ0v) is 15.4. The molecule has 0 radical (unpaired) electrons. The van der Waals surface area contributed by atoms with E-state index in [2.05, 4.69) is 0 Å². The third-order valence-electron chi connectivity index (χ3n) is 3.91. The van der Waals surface area contributed by atoms with Gasteiger partial charge < -0.3 is 9.80 Å². The van der Waals surface area contributed by atoms with E-state index in [9.17, 15) is 9.59 Å². The first-order chi connectivity index (χ1) is 11.4. The van der Waals surface area contributed by atoms with Crippen molar-refractivity contribution in [1.82, 2.24) is 9.80 Å². The van der Waals surface area contributed by atoms with Crippen LogP contribution < -0.4 is 0 Å². The number of thiophene rings is 1. The molecular formula is C17H16Cl2N2O2S. The third kappa shape index (κ3) is 3.74. The van der Waals surface area contributed by atoms with Crippen LogP contribution in [0, 0.1) is 6.92 Å². The zero-order valence-electron chi connectivity index (χ0n) is 13.1. The molecule has 126 valence electrons. The molecular weight excluding hydrogens is 367 g/mol. The van der Waals surface area contributed by atoms with Crippen LogP contribution in [0.25, 0.3) is 0 Å². The first-order valence-corrected chi connectivity index (χ1v) is 9.12. The smallest absolute Gasteiger partial charge is 0.264 e. The van der Waals surface area contributed by atoms with Gasteiger partial charge in [-0.3, -0.25) is 9.59 Å². The van der Waals surface area contributed by atoms with Crippen LogP contribution >= 0.6 is 34.5 Å². The van der Waals surface area contributed by atoms with Gasteiger partial charge in [0.15, 0.2) is 0 Å². The van der Waals surface area contributed by atoms with E-state index in [1.807, 2.05) is 19.1 Å². The van der Waals surface area contributed by atoms with Gasteiger partial charge in [-0.15, -0.1) is 11.3 Å². The van der Waals surface area contributed by atoms with Crippen LogP contribution in [-0.2, 0) is 0 Å². The van der Waals surface area contributed by atoms with Gasteiger partial charge in [-0.05, 0) is 37.3 Å². The number of piperazine rings is 1. The van der Waals surface area contributed by atoms with Crippen molar-refractivity contribution in [2.75, 3.05) is 26.2 Å². The predicted molar refractivity (Wildman–Crippen MR) is 97.3 cm³/mol. The highest BCUT2D eigenvalue weighted by Gasteiger charge is 2.26. The van der Waals surface area contributed by atoms with E-state index in [1.165, 1.54) is 11.3 Å². The highest BCUT2D eigenvalue weighted by molar-refractivity contribution is 7.13. The number of aryl methyl sites for hydroxylation is 1. The Morgan fingerprint density at radius 3 is 1.96 bits per heavy atom. The Hall–Kier alpha value is -1.56. The van der Waals surface area contributed by atoms with Gasteiger partial charge in [0.1, 0.15) is 0 Å². The highest BCUT2D eigenvalue weighted by atomic mass is 35.5. The minimum Gasteiger partial charge on any atom is -0.335 e. The van der Waals surface area contributed by atoms with Crippen molar-refractivity contribution in [3.63, 3.8) is 0 Å². The Bertz CT molecular complexity index is 762. The van der Waals surface area contributed by atoms with Crippen LogP contribution in [0.1, 0.15) is 24.9 Å². The SMILES string of the molecule is Cc1ccc(C(=O)N2CCN(C(=O)c3cc(Cl)cc(Cl)c3)CC2)s1. The molecule has 2 aromatic rings. The molecule has 7 heteroatoms. The van der Waals surface area contributed by atoms with Crippen molar-refractivity contribution < 1.29 is 9.59 Å². The maximum atomic E-state index is 12.6. The van der Waals surface area contributed by atoms with Crippen molar-refractivity contribution in [3.8, 4) is 0 Å². The summed E-state index contributed by atoms with van der Waals surface area (Å²) in [6, 6.07) is 8.62. The van der Waals surface area contributed by atoms with Crippen LogP contribution in [0.3, 0.4) is 0 Å². The maximum Gasteiger partial charge on any atom is 0.264 e. The van der Waals surface area contributed by atoms with Gasteiger partial charge in [-0.25, -0.2) is 0 Å². The molecule has 1 aromatic heterocycles. The van der Waals surface area contributed by atoms with Crippen molar-refractivity contribution in [2.24, 2.45) is 0 Å². The largest absolute Gasteiger partial charge is 0.335 e.